The summed E-state index contributed by atoms with van der Waals surface area (Å²) < 4.78 is 30.8. The number of rotatable bonds is 8. The number of hydrogen-bond acceptors (Lipinski definition) is 5. The molecule has 1 N–H and O–H groups in total. The van der Waals surface area contributed by atoms with Crippen LogP contribution in [0.15, 0.2) is 76.0 Å². The van der Waals surface area contributed by atoms with Crippen LogP contribution < -0.4 is 5.32 Å². The van der Waals surface area contributed by atoms with Crippen LogP contribution in [-0.4, -0.2) is 32.3 Å². The van der Waals surface area contributed by atoms with E-state index in [-0.39, 0.29) is 22.2 Å². The smallest absolute Gasteiger partial charge is 0.291 e. The Hall–Kier alpha value is -2.90. The molecular weight excluding hydrogens is 436 g/mol. The first kappa shape index (κ1) is 23.3. The lowest BCUT2D eigenvalue weighted by molar-refractivity contribution is 0.0995. The van der Waals surface area contributed by atoms with Gasteiger partial charge >= 0.3 is 0 Å². The number of anilines is 1. The summed E-state index contributed by atoms with van der Waals surface area (Å²) in [6.07, 6.45) is 6.29. The SMILES string of the molecule is CN(Cc1ccccc1NC(=O)c1ccc(CS(=O)(=O)c2ccccc2)o1)C1CCCCC1. The molecule has 3 aromatic rings. The molecule has 1 fully saturated rings. The maximum Gasteiger partial charge on any atom is 0.291 e. The van der Waals surface area contributed by atoms with Crippen LogP contribution >= 0.6 is 0 Å². The molecule has 0 radical (unpaired) electrons. The zero-order chi connectivity index (χ0) is 23.3. The highest BCUT2D eigenvalue weighted by Gasteiger charge is 2.21. The number of sulfone groups is 1. The van der Waals surface area contributed by atoms with Gasteiger partial charge in [0.1, 0.15) is 11.5 Å². The molecule has 0 bridgehead atoms. The van der Waals surface area contributed by atoms with E-state index in [0.717, 1.165) is 17.8 Å². The maximum atomic E-state index is 12.8. The summed E-state index contributed by atoms with van der Waals surface area (Å²) in [4.78, 5) is 15.4. The third kappa shape index (κ3) is 5.92. The third-order valence-electron chi connectivity index (χ3n) is 6.20. The molecule has 1 saturated carbocycles. The normalized spacial score (nSPS) is 15.0. The van der Waals surface area contributed by atoms with E-state index in [1.807, 2.05) is 24.3 Å². The highest BCUT2D eigenvalue weighted by atomic mass is 32.2. The summed E-state index contributed by atoms with van der Waals surface area (Å²) in [6, 6.07) is 19.6. The molecule has 1 aromatic heterocycles. The number of amides is 1. The standard InChI is InChI=1S/C26H30N2O4S/c1-28(21-11-4-2-5-12-21)18-20-10-8-9-15-24(20)27-26(29)25-17-16-22(32-25)19-33(30,31)23-13-6-3-7-14-23/h3,6-10,13-17,21H,2,4-5,11-12,18-19H2,1H3,(H,27,29). The van der Waals surface area contributed by atoms with Gasteiger partial charge in [-0.25, -0.2) is 8.42 Å². The van der Waals surface area contributed by atoms with Gasteiger partial charge in [0.25, 0.3) is 5.91 Å². The summed E-state index contributed by atoms with van der Waals surface area (Å²) in [5, 5.41) is 2.93. The van der Waals surface area contributed by atoms with E-state index in [9.17, 15) is 13.2 Å². The van der Waals surface area contributed by atoms with Gasteiger partial charge in [0.2, 0.25) is 0 Å². The fourth-order valence-electron chi connectivity index (χ4n) is 4.36. The minimum atomic E-state index is -3.55. The van der Waals surface area contributed by atoms with Crippen LogP contribution in [0.5, 0.6) is 0 Å². The van der Waals surface area contributed by atoms with Crippen molar-refractivity contribution in [1.82, 2.24) is 4.90 Å². The van der Waals surface area contributed by atoms with Gasteiger partial charge in [0, 0.05) is 18.3 Å². The highest BCUT2D eigenvalue weighted by Crippen LogP contribution is 2.25. The summed E-state index contributed by atoms with van der Waals surface area (Å²) in [5.74, 6) is -0.378. The van der Waals surface area contributed by atoms with E-state index in [1.165, 1.54) is 44.2 Å². The zero-order valence-corrected chi connectivity index (χ0v) is 19.7. The Labute approximate surface area is 195 Å². The van der Waals surface area contributed by atoms with Crippen LogP contribution in [0, 0.1) is 0 Å². The molecule has 0 unspecified atom stereocenters. The summed E-state index contributed by atoms with van der Waals surface area (Å²) in [6.45, 7) is 0.750. The minimum Gasteiger partial charge on any atom is -0.455 e. The monoisotopic (exact) mass is 466 g/mol. The van der Waals surface area contributed by atoms with Gasteiger partial charge in [-0.3, -0.25) is 9.69 Å². The zero-order valence-electron chi connectivity index (χ0n) is 18.9. The number of hydrogen-bond donors (Lipinski definition) is 1. The van der Waals surface area contributed by atoms with Crippen molar-refractivity contribution in [3.8, 4) is 0 Å². The van der Waals surface area contributed by atoms with Crippen LogP contribution in [-0.2, 0) is 22.1 Å². The van der Waals surface area contributed by atoms with Crippen molar-refractivity contribution in [1.29, 1.82) is 0 Å². The average Bonchev–Trinajstić information content (AvgIpc) is 3.29. The summed E-state index contributed by atoms with van der Waals surface area (Å²) in [7, 11) is -1.41. The lowest BCUT2D eigenvalue weighted by Crippen LogP contribution is -2.33. The average molecular weight is 467 g/mol. The first-order chi connectivity index (χ1) is 15.9. The van der Waals surface area contributed by atoms with Crippen molar-refractivity contribution in [3.05, 3.63) is 83.8 Å². The van der Waals surface area contributed by atoms with Gasteiger partial charge in [0.05, 0.1) is 4.90 Å². The number of nitrogens with zero attached hydrogens (tertiary/aromatic N) is 1. The Morgan fingerprint density at radius 2 is 1.67 bits per heavy atom. The molecule has 0 spiro atoms. The molecule has 6 nitrogen and oxygen atoms in total. The number of benzene rings is 2. The molecule has 174 valence electrons. The number of carbonyl (C=O) groups excluding carboxylic acids is 1. The minimum absolute atomic E-state index is 0.0868. The molecule has 1 amide bonds. The number of carbonyl (C=O) groups is 1. The van der Waals surface area contributed by atoms with E-state index in [1.54, 1.807) is 30.3 Å². The molecule has 2 aromatic carbocycles. The van der Waals surface area contributed by atoms with Gasteiger partial charge in [-0.05, 0) is 55.8 Å². The molecule has 0 aliphatic heterocycles. The lowest BCUT2D eigenvalue weighted by atomic mass is 9.94. The quantitative estimate of drug-likeness (QED) is 0.489. The van der Waals surface area contributed by atoms with E-state index in [0.29, 0.717) is 6.04 Å². The van der Waals surface area contributed by atoms with Crippen LogP contribution in [0.3, 0.4) is 0 Å². The fraction of sp³-hybridized carbons (Fsp3) is 0.346. The van der Waals surface area contributed by atoms with Gasteiger partial charge < -0.3 is 9.73 Å². The van der Waals surface area contributed by atoms with Gasteiger partial charge in [-0.15, -0.1) is 0 Å². The molecule has 33 heavy (non-hydrogen) atoms. The predicted octanol–water partition coefficient (Wildman–Crippen LogP) is 5.27. The Morgan fingerprint density at radius 1 is 0.970 bits per heavy atom. The largest absolute Gasteiger partial charge is 0.455 e. The fourth-order valence-corrected chi connectivity index (χ4v) is 5.63. The number of para-hydroxylation sites is 1. The van der Waals surface area contributed by atoms with Crippen molar-refractivity contribution in [3.63, 3.8) is 0 Å². The number of furan rings is 1. The third-order valence-corrected chi connectivity index (χ3v) is 7.86. The van der Waals surface area contributed by atoms with Gasteiger partial charge in [-0.1, -0.05) is 55.7 Å². The Kier molecular flexibility index (Phi) is 7.30. The summed E-state index contributed by atoms with van der Waals surface area (Å²) in [5.41, 5.74) is 1.78. The van der Waals surface area contributed by atoms with Gasteiger partial charge in [-0.2, -0.15) is 0 Å². The Morgan fingerprint density at radius 3 is 2.42 bits per heavy atom. The van der Waals surface area contributed by atoms with Crippen molar-refractivity contribution in [2.45, 2.75) is 55.3 Å². The second kappa shape index (κ2) is 10.4. The Bertz CT molecular complexity index is 1180. The summed E-state index contributed by atoms with van der Waals surface area (Å²) >= 11 is 0. The van der Waals surface area contributed by atoms with Crippen molar-refractivity contribution in [2.75, 3.05) is 12.4 Å². The van der Waals surface area contributed by atoms with Crippen molar-refractivity contribution in [2.24, 2.45) is 0 Å². The molecule has 7 heteroatoms. The molecule has 1 aliphatic rings. The Balaban J connectivity index is 1.42. The second-order valence-corrected chi connectivity index (χ2v) is 10.6. The van der Waals surface area contributed by atoms with Gasteiger partial charge in [0.15, 0.2) is 15.6 Å². The molecule has 4 rings (SSSR count). The molecule has 1 aliphatic carbocycles. The van der Waals surface area contributed by atoms with E-state index >= 15 is 0 Å². The molecule has 1 heterocycles. The van der Waals surface area contributed by atoms with Crippen molar-refractivity contribution < 1.29 is 17.6 Å². The van der Waals surface area contributed by atoms with E-state index < -0.39 is 15.7 Å². The second-order valence-electron chi connectivity index (χ2n) is 8.66. The van der Waals surface area contributed by atoms with E-state index in [2.05, 4.69) is 17.3 Å². The first-order valence-corrected chi connectivity index (χ1v) is 13.0. The molecule has 0 saturated heterocycles. The lowest BCUT2D eigenvalue weighted by Gasteiger charge is -2.31. The first-order valence-electron chi connectivity index (χ1n) is 11.4. The molecular formula is C26H30N2O4S. The topological polar surface area (TPSA) is 79.6 Å². The highest BCUT2D eigenvalue weighted by molar-refractivity contribution is 7.90. The van der Waals surface area contributed by atoms with Crippen LogP contribution in [0.4, 0.5) is 5.69 Å². The van der Waals surface area contributed by atoms with Crippen LogP contribution in [0.2, 0.25) is 0 Å². The van der Waals surface area contributed by atoms with E-state index in [4.69, 9.17) is 4.42 Å². The molecule has 0 atom stereocenters. The number of nitrogens with one attached hydrogen (secondary N) is 1. The van der Waals surface area contributed by atoms with Crippen LogP contribution in [0.1, 0.15) is 54.0 Å². The van der Waals surface area contributed by atoms with Crippen LogP contribution in [0.25, 0.3) is 0 Å². The van der Waals surface area contributed by atoms with Crippen molar-refractivity contribution >= 4 is 21.4 Å². The predicted molar refractivity (Wildman–Crippen MR) is 129 cm³/mol. The maximum absolute atomic E-state index is 12.8.